The lowest BCUT2D eigenvalue weighted by atomic mass is 10.0. The van der Waals surface area contributed by atoms with Crippen molar-refractivity contribution in [1.29, 1.82) is 0 Å². The zero-order valence-corrected chi connectivity index (χ0v) is 11.7. The van der Waals surface area contributed by atoms with E-state index in [9.17, 15) is 4.79 Å². The molecule has 5 heteroatoms. The molecule has 0 spiro atoms. The van der Waals surface area contributed by atoms with Crippen LogP contribution in [-0.4, -0.2) is 46.8 Å². The summed E-state index contributed by atoms with van der Waals surface area (Å²) < 4.78 is 1.84. The van der Waals surface area contributed by atoms with Crippen molar-refractivity contribution in [2.45, 2.75) is 26.8 Å². The van der Waals surface area contributed by atoms with Crippen LogP contribution in [0.4, 0.5) is 0 Å². The number of amides is 1. The SMILES string of the molecule is CCc1cc(C(=O)N2CC3CNCC3C2)n(CC)n1. The first-order valence-corrected chi connectivity index (χ1v) is 7.29. The summed E-state index contributed by atoms with van der Waals surface area (Å²) in [5, 5.41) is 7.87. The van der Waals surface area contributed by atoms with Gasteiger partial charge >= 0.3 is 0 Å². The highest BCUT2D eigenvalue weighted by Gasteiger charge is 2.38. The Balaban J connectivity index is 1.78. The molecule has 2 saturated heterocycles. The zero-order chi connectivity index (χ0) is 13.4. The summed E-state index contributed by atoms with van der Waals surface area (Å²) in [6, 6.07) is 1.96. The fourth-order valence-corrected chi connectivity index (χ4v) is 3.24. The van der Waals surface area contributed by atoms with E-state index in [4.69, 9.17) is 0 Å². The summed E-state index contributed by atoms with van der Waals surface area (Å²) in [4.78, 5) is 14.6. The molecule has 1 amide bonds. The van der Waals surface area contributed by atoms with Crippen LogP contribution in [0.2, 0.25) is 0 Å². The lowest BCUT2D eigenvalue weighted by Gasteiger charge is -2.17. The second kappa shape index (κ2) is 4.96. The van der Waals surface area contributed by atoms with E-state index in [1.807, 2.05) is 22.6 Å². The summed E-state index contributed by atoms with van der Waals surface area (Å²) in [6.07, 6.45) is 0.877. The highest BCUT2D eigenvalue weighted by atomic mass is 16.2. The van der Waals surface area contributed by atoms with Gasteiger partial charge in [-0.15, -0.1) is 0 Å². The first kappa shape index (κ1) is 12.7. The van der Waals surface area contributed by atoms with Gasteiger partial charge in [0.1, 0.15) is 5.69 Å². The number of rotatable bonds is 3. The first-order valence-electron chi connectivity index (χ1n) is 7.29. The number of carbonyl (C=O) groups is 1. The van der Waals surface area contributed by atoms with Crippen molar-refractivity contribution in [1.82, 2.24) is 20.0 Å². The molecule has 104 valence electrons. The van der Waals surface area contributed by atoms with Crippen molar-refractivity contribution < 1.29 is 4.79 Å². The van der Waals surface area contributed by atoms with Crippen LogP contribution in [0.3, 0.4) is 0 Å². The fraction of sp³-hybridized carbons (Fsp3) is 0.714. The molecule has 3 rings (SSSR count). The van der Waals surface area contributed by atoms with Gasteiger partial charge in [-0.25, -0.2) is 0 Å². The van der Waals surface area contributed by atoms with Crippen LogP contribution in [0.25, 0.3) is 0 Å². The Bertz CT molecular complexity index is 470. The second-order valence-electron chi connectivity index (χ2n) is 5.58. The maximum atomic E-state index is 12.6. The molecule has 1 aromatic rings. The van der Waals surface area contributed by atoms with Gasteiger partial charge in [-0.05, 0) is 31.2 Å². The lowest BCUT2D eigenvalue weighted by molar-refractivity contribution is 0.0769. The fourth-order valence-electron chi connectivity index (χ4n) is 3.24. The number of carbonyl (C=O) groups excluding carboxylic acids is 1. The van der Waals surface area contributed by atoms with Crippen LogP contribution >= 0.6 is 0 Å². The van der Waals surface area contributed by atoms with E-state index in [0.29, 0.717) is 11.8 Å². The molecule has 2 unspecified atom stereocenters. The van der Waals surface area contributed by atoms with Gasteiger partial charge in [0, 0.05) is 32.7 Å². The molecule has 1 aromatic heterocycles. The summed E-state index contributed by atoms with van der Waals surface area (Å²) in [6.45, 7) is 8.76. The van der Waals surface area contributed by atoms with Crippen LogP contribution in [-0.2, 0) is 13.0 Å². The molecule has 1 N–H and O–H groups in total. The molecular formula is C14H22N4O. The normalized spacial score (nSPS) is 25.9. The molecule has 2 fully saturated rings. The summed E-state index contributed by atoms with van der Waals surface area (Å²) >= 11 is 0. The van der Waals surface area contributed by atoms with Crippen molar-refractivity contribution in [3.05, 3.63) is 17.5 Å². The van der Waals surface area contributed by atoms with Gasteiger partial charge in [0.15, 0.2) is 0 Å². The number of aryl methyl sites for hydroxylation is 2. The van der Waals surface area contributed by atoms with E-state index < -0.39 is 0 Å². The summed E-state index contributed by atoms with van der Waals surface area (Å²) in [5.74, 6) is 1.45. The third-order valence-corrected chi connectivity index (χ3v) is 4.39. The Kier molecular flexibility index (Phi) is 3.31. The molecule has 0 radical (unpaired) electrons. The Morgan fingerprint density at radius 1 is 1.37 bits per heavy atom. The number of nitrogens with one attached hydrogen (secondary N) is 1. The second-order valence-corrected chi connectivity index (χ2v) is 5.58. The topological polar surface area (TPSA) is 50.2 Å². The van der Waals surface area contributed by atoms with E-state index in [1.54, 1.807) is 0 Å². The van der Waals surface area contributed by atoms with Gasteiger partial charge in [-0.1, -0.05) is 6.92 Å². The van der Waals surface area contributed by atoms with E-state index in [0.717, 1.165) is 50.5 Å². The van der Waals surface area contributed by atoms with E-state index in [2.05, 4.69) is 17.3 Å². The van der Waals surface area contributed by atoms with Crippen LogP contribution < -0.4 is 5.32 Å². The molecule has 0 aromatic carbocycles. The minimum atomic E-state index is 0.156. The minimum Gasteiger partial charge on any atom is -0.337 e. The molecule has 3 heterocycles. The van der Waals surface area contributed by atoms with Gasteiger partial charge in [0.2, 0.25) is 0 Å². The molecule has 0 bridgehead atoms. The van der Waals surface area contributed by atoms with Gasteiger partial charge in [0.05, 0.1) is 5.69 Å². The Hall–Kier alpha value is -1.36. The van der Waals surface area contributed by atoms with Crippen molar-refractivity contribution >= 4 is 5.91 Å². The first-order chi connectivity index (χ1) is 9.22. The van der Waals surface area contributed by atoms with Gasteiger partial charge < -0.3 is 10.2 Å². The van der Waals surface area contributed by atoms with Gasteiger partial charge in [0.25, 0.3) is 5.91 Å². The van der Waals surface area contributed by atoms with E-state index in [1.165, 1.54) is 0 Å². The smallest absolute Gasteiger partial charge is 0.272 e. The highest BCUT2D eigenvalue weighted by Crippen LogP contribution is 2.27. The van der Waals surface area contributed by atoms with Crippen molar-refractivity contribution in [3.8, 4) is 0 Å². The van der Waals surface area contributed by atoms with Crippen LogP contribution in [0.5, 0.6) is 0 Å². The molecule has 5 nitrogen and oxygen atoms in total. The van der Waals surface area contributed by atoms with Crippen molar-refractivity contribution in [3.63, 3.8) is 0 Å². The average molecular weight is 262 g/mol. The van der Waals surface area contributed by atoms with E-state index in [-0.39, 0.29) is 5.91 Å². The monoisotopic (exact) mass is 262 g/mol. The number of fused-ring (bicyclic) bond motifs is 1. The number of hydrogen-bond acceptors (Lipinski definition) is 3. The predicted molar refractivity (Wildman–Crippen MR) is 73.0 cm³/mol. The summed E-state index contributed by atoms with van der Waals surface area (Å²) in [7, 11) is 0. The minimum absolute atomic E-state index is 0.156. The molecule has 19 heavy (non-hydrogen) atoms. The molecular weight excluding hydrogens is 240 g/mol. The van der Waals surface area contributed by atoms with Gasteiger partial charge in [-0.3, -0.25) is 9.48 Å². The average Bonchev–Trinajstić information content (AvgIpc) is 3.10. The quantitative estimate of drug-likeness (QED) is 0.875. The van der Waals surface area contributed by atoms with Crippen LogP contribution in [0.15, 0.2) is 6.07 Å². The number of aromatic nitrogens is 2. The largest absolute Gasteiger partial charge is 0.337 e. The van der Waals surface area contributed by atoms with Gasteiger partial charge in [-0.2, -0.15) is 5.10 Å². The van der Waals surface area contributed by atoms with Crippen LogP contribution in [0.1, 0.15) is 30.0 Å². The number of hydrogen-bond donors (Lipinski definition) is 1. The molecule has 0 aliphatic carbocycles. The molecule has 2 aliphatic heterocycles. The summed E-state index contributed by atoms with van der Waals surface area (Å²) in [5.41, 5.74) is 1.76. The Morgan fingerprint density at radius 2 is 2.05 bits per heavy atom. The Labute approximate surface area is 114 Å². The predicted octanol–water partition coefficient (Wildman–Crippen LogP) is 0.757. The standard InChI is InChI=1S/C14H22N4O/c1-3-12-5-13(18(4-2)16-12)14(19)17-8-10-6-15-7-11(10)9-17/h5,10-11,15H,3-4,6-9H2,1-2H3. The van der Waals surface area contributed by atoms with Crippen molar-refractivity contribution in [2.75, 3.05) is 26.2 Å². The van der Waals surface area contributed by atoms with E-state index >= 15 is 0 Å². The number of nitrogens with zero attached hydrogens (tertiary/aromatic N) is 3. The lowest BCUT2D eigenvalue weighted by Crippen LogP contribution is -2.33. The van der Waals surface area contributed by atoms with Crippen LogP contribution in [0, 0.1) is 11.8 Å². The third-order valence-electron chi connectivity index (χ3n) is 4.39. The Morgan fingerprint density at radius 3 is 2.63 bits per heavy atom. The maximum absolute atomic E-state index is 12.6. The zero-order valence-electron chi connectivity index (χ0n) is 11.7. The molecule has 2 aliphatic rings. The van der Waals surface area contributed by atoms with Crippen molar-refractivity contribution in [2.24, 2.45) is 11.8 Å². The maximum Gasteiger partial charge on any atom is 0.272 e. The number of likely N-dealkylation sites (tertiary alicyclic amines) is 1. The highest BCUT2D eigenvalue weighted by molar-refractivity contribution is 5.93. The molecule has 0 saturated carbocycles. The molecule has 2 atom stereocenters. The third kappa shape index (κ3) is 2.16.